The maximum Gasteiger partial charge on any atom is 0.217 e. The molecule has 0 radical (unpaired) electrons. The van der Waals surface area contributed by atoms with E-state index in [0.29, 0.717) is 0 Å². The minimum Gasteiger partial charge on any atom is -0.394 e. The van der Waals surface area contributed by atoms with Gasteiger partial charge < -0.3 is 16.0 Å². The fraction of sp³-hybridized carbons (Fsp3) is 0.692. The molecule has 2 heterocycles. The number of nitrogens with two attached hydrogens (primary N) is 1. The van der Waals surface area contributed by atoms with Gasteiger partial charge in [0.1, 0.15) is 0 Å². The summed E-state index contributed by atoms with van der Waals surface area (Å²) >= 11 is 0. The Morgan fingerprint density at radius 3 is 2.79 bits per heavy atom. The highest BCUT2D eigenvalue weighted by Crippen LogP contribution is 2.31. The maximum absolute atomic E-state index is 11.1. The van der Waals surface area contributed by atoms with Crippen LogP contribution in [0.15, 0.2) is 0 Å². The molecule has 1 atom stereocenters. The average Bonchev–Trinajstić information content (AvgIpc) is 2.85. The van der Waals surface area contributed by atoms with Crippen LogP contribution in [-0.2, 0) is 4.79 Å². The largest absolute Gasteiger partial charge is 0.394 e. The SMILES string of the molecule is CC(=O)NC1CCN(c2c(N)c(C)nn2C(C)C)C1. The molecule has 106 valence electrons. The van der Waals surface area contributed by atoms with Crippen LogP contribution in [0.2, 0.25) is 0 Å². The third kappa shape index (κ3) is 2.67. The molecule has 1 aliphatic rings. The monoisotopic (exact) mass is 265 g/mol. The lowest BCUT2D eigenvalue weighted by Gasteiger charge is -2.22. The Balaban J connectivity index is 2.21. The molecule has 0 aliphatic carbocycles. The summed E-state index contributed by atoms with van der Waals surface area (Å²) in [4.78, 5) is 13.3. The molecule has 0 aromatic carbocycles. The van der Waals surface area contributed by atoms with E-state index in [-0.39, 0.29) is 18.0 Å². The highest BCUT2D eigenvalue weighted by molar-refractivity contribution is 5.73. The fourth-order valence-corrected chi connectivity index (χ4v) is 2.58. The highest BCUT2D eigenvalue weighted by Gasteiger charge is 2.28. The Bertz CT molecular complexity index is 480. The quantitative estimate of drug-likeness (QED) is 0.857. The number of nitrogen functional groups attached to an aromatic ring is 1. The molecule has 0 spiro atoms. The van der Waals surface area contributed by atoms with Crippen molar-refractivity contribution in [2.24, 2.45) is 0 Å². The molecule has 1 unspecified atom stereocenters. The molecule has 19 heavy (non-hydrogen) atoms. The molecule has 1 saturated heterocycles. The summed E-state index contributed by atoms with van der Waals surface area (Å²) in [6.45, 7) is 9.36. The van der Waals surface area contributed by atoms with Crippen molar-refractivity contribution in [1.29, 1.82) is 0 Å². The zero-order valence-electron chi connectivity index (χ0n) is 12.1. The molecule has 3 N–H and O–H groups in total. The molecule has 1 fully saturated rings. The Kier molecular flexibility index (Phi) is 3.68. The standard InChI is InChI=1S/C13H23N5O/c1-8(2)18-13(12(14)9(3)16-18)17-6-5-11(7-17)15-10(4)19/h8,11H,5-7,14H2,1-4H3,(H,15,19). The number of carbonyl (C=O) groups is 1. The first-order valence-electron chi connectivity index (χ1n) is 6.76. The number of hydrogen-bond donors (Lipinski definition) is 2. The molecule has 0 bridgehead atoms. The van der Waals surface area contributed by atoms with Crippen molar-refractivity contribution in [2.45, 2.75) is 46.2 Å². The van der Waals surface area contributed by atoms with Gasteiger partial charge in [-0.05, 0) is 27.2 Å². The van der Waals surface area contributed by atoms with E-state index in [2.05, 4.69) is 29.2 Å². The smallest absolute Gasteiger partial charge is 0.217 e. The molecule has 1 aromatic heterocycles. The van der Waals surface area contributed by atoms with Gasteiger partial charge in [0.2, 0.25) is 5.91 Å². The van der Waals surface area contributed by atoms with Gasteiger partial charge in [0.25, 0.3) is 0 Å². The van der Waals surface area contributed by atoms with E-state index >= 15 is 0 Å². The van der Waals surface area contributed by atoms with Gasteiger partial charge in [0, 0.05) is 32.1 Å². The average molecular weight is 265 g/mol. The summed E-state index contributed by atoms with van der Waals surface area (Å²) in [6.07, 6.45) is 0.946. The zero-order valence-corrected chi connectivity index (χ0v) is 12.1. The second-order valence-corrected chi connectivity index (χ2v) is 5.49. The maximum atomic E-state index is 11.1. The number of nitrogens with one attached hydrogen (secondary N) is 1. The van der Waals surface area contributed by atoms with Gasteiger partial charge in [-0.1, -0.05) is 0 Å². The molecular formula is C13H23N5O. The van der Waals surface area contributed by atoms with Gasteiger partial charge >= 0.3 is 0 Å². The van der Waals surface area contributed by atoms with Gasteiger partial charge in [-0.15, -0.1) is 0 Å². The first kappa shape index (κ1) is 13.7. The number of nitrogens with zero attached hydrogens (tertiary/aromatic N) is 3. The number of aryl methyl sites for hydroxylation is 1. The van der Waals surface area contributed by atoms with E-state index in [1.807, 2.05) is 11.6 Å². The van der Waals surface area contributed by atoms with E-state index in [9.17, 15) is 4.79 Å². The molecule has 0 saturated carbocycles. The lowest BCUT2D eigenvalue weighted by atomic mass is 10.2. The van der Waals surface area contributed by atoms with E-state index < -0.39 is 0 Å². The second kappa shape index (κ2) is 5.11. The van der Waals surface area contributed by atoms with E-state index in [4.69, 9.17) is 5.73 Å². The summed E-state index contributed by atoms with van der Waals surface area (Å²) in [5.41, 5.74) is 7.77. The van der Waals surface area contributed by atoms with E-state index in [1.54, 1.807) is 6.92 Å². The van der Waals surface area contributed by atoms with Crippen molar-refractivity contribution in [3.8, 4) is 0 Å². The summed E-state index contributed by atoms with van der Waals surface area (Å²) in [6, 6.07) is 0.471. The zero-order chi connectivity index (χ0) is 14.2. The van der Waals surface area contributed by atoms with Crippen molar-refractivity contribution in [2.75, 3.05) is 23.7 Å². The van der Waals surface area contributed by atoms with Crippen LogP contribution in [-0.4, -0.2) is 34.8 Å². The lowest BCUT2D eigenvalue weighted by molar-refractivity contribution is -0.119. The highest BCUT2D eigenvalue weighted by atomic mass is 16.1. The molecule has 1 amide bonds. The van der Waals surface area contributed by atoms with Gasteiger partial charge in [-0.2, -0.15) is 5.10 Å². The summed E-state index contributed by atoms with van der Waals surface area (Å²) in [5.74, 6) is 1.01. The molecule has 6 nitrogen and oxygen atoms in total. The van der Waals surface area contributed by atoms with Crippen LogP contribution in [0.25, 0.3) is 0 Å². The molecule has 1 aliphatic heterocycles. The number of aromatic nitrogens is 2. The van der Waals surface area contributed by atoms with Crippen LogP contribution in [0, 0.1) is 6.92 Å². The first-order valence-corrected chi connectivity index (χ1v) is 6.76. The third-order valence-electron chi connectivity index (χ3n) is 3.49. The van der Waals surface area contributed by atoms with Crippen molar-refractivity contribution < 1.29 is 4.79 Å². The Hall–Kier alpha value is -1.72. The minimum atomic E-state index is 0.0216. The topological polar surface area (TPSA) is 76.2 Å². The van der Waals surface area contributed by atoms with E-state index in [1.165, 1.54) is 0 Å². The van der Waals surface area contributed by atoms with Crippen LogP contribution in [0.4, 0.5) is 11.5 Å². The molecule has 6 heteroatoms. The van der Waals surface area contributed by atoms with Crippen LogP contribution in [0.1, 0.15) is 38.9 Å². The van der Waals surface area contributed by atoms with Crippen LogP contribution in [0.5, 0.6) is 0 Å². The van der Waals surface area contributed by atoms with Crippen LogP contribution in [0.3, 0.4) is 0 Å². The molecular weight excluding hydrogens is 242 g/mol. The number of hydrogen-bond acceptors (Lipinski definition) is 4. The number of rotatable bonds is 3. The summed E-state index contributed by atoms with van der Waals surface area (Å²) in [7, 11) is 0. The van der Waals surface area contributed by atoms with Crippen molar-refractivity contribution in [3.63, 3.8) is 0 Å². The lowest BCUT2D eigenvalue weighted by Crippen LogP contribution is -2.36. The van der Waals surface area contributed by atoms with Crippen LogP contribution < -0.4 is 16.0 Å². The first-order chi connectivity index (χ1) is 8.90. The van der Waals surface area contributed by atoms with Gasteiger partial charge in [0.15, 0.2) is 5.82 Å². The summed E-state index contributed by atoms with van der Waals surface area (Å²) < 4.78 is 1.97. The van der Waals surface area contributed by atoms with Crippen molar-refractivity contribution >= 4 is 17.4 Å². The van der Waals surface area contributed by atoms with Gasteiger partial charge in [-0.25, -0.2) is 4.68 Å². The van der Waals surface area contributed by atoms with Crippen molar-refractivity contribution in [3.05, 3.63) is 5.69 Å². The molecule has 1 aromatic rings. The predicted octanol–water partition coefficient (Wildman–Crippen LogP) is 1.07. The number of carbonyl (C=O) groups excluding carboxylic acids is 1. The predicted molar refractivity (Wildman–Crippen MR) is 76.2 cm³/mol. The Morgan fingerprint density at radius 1 is 1.53 bits per heavy atom. The molecule has 2 rings (SSSR count). The Morgan fingerprint density at radius 2 is 2.21 bits per heavy atom. The minimum absolute atomic E-state index is 0.0216. The Labute approximate surface area is 113 Å². The third-order valence-corrected chi connectivity index (χ3v) is 3.49. The normalized spacial score (nSPS) is 19.2. The van der Waals surface area contributed by atoms with E-state index in [0.717, 1.165) is 36.7 Å². The van der Waals surface area contributed by atoms with Gasteiger partial charge in [-0.3, -0.25) is 4.79 Å². The van der Waals surface area contributed by atoms with Crippen LogP contribution >= 0.6 is 0 Å². The van der Waals surface area contributed by atoms with Gasteiger partial charge in [0.05, 0.1) is 11.4 Å². The fourth-order valence-electron chi connectivity index (χ4n) is 2.58. The number of anilines is 2. The second-order valence-electron chi connectivity index (χ2n) is 5.49. The van der Waals surface area contributed by atoms with Crippen molar-refractivity contribution in [1.82, 2.24) is 15.1 Å². The summed E-state index contributed by atoms with van der Waals surface area (Å²) in [5, 5.41) is 7.47. The number of amides is 1.